The molecule has 1 unspecified atom stereocenters. The molecule has 5 rings (SSSR count). The lowest BCUT2D eigenvalue weighted by Crippen LogP contribution is -2.31. The Kier molecular flexibility index (Phi) is 7.68. The van der Waals surface area contributed by atoms with E-state index in [1.165, 1.54) is 4.68 Å². The van der Waals surface area contributed by atoms with Gasteiger partial charge in [-0.3, -0.25) is 9.78 Å². The van der Waals surface area contributed by atoms with E-state index in [1.54, 1.807) is 56.0 Å². The standard InChI is InChI=1S/C29H30F3N7O2/c1-18-5-6-19(10-27(18)39-17-26(35-36-39)20-9-25(41-4)15-33-14-20)28(40)34-22-11-21(29(30,31)32)12-24(13-22)38-8-7-23(16-38)37(2)3/h5-6,9-15,17,23H,7-8,16H2,1-4H3,(H,34,40). The van der Waals surface area contributed by atoms with Crippen LogP contribution >= 0.6 is 0 Å². The van der Waals surface area contributed by atoms with Gasteiger partial charge in [0.05, 0.1) is 30.8 Å². The van der Waals surface area contributed by atoms with Crippen molar-refractivity contribution in [2.45, 2.75) is 25.6 Å². The number of alkyl halides is 3. The van der Waals surface area contributed by atoms with Crippen LogP contribution in [0.15, 0.2) is 61.1 Å². The number of pyridine rings is 1. The lowest BCUT2D eigenvalue weighted by molar-refractivity contribution is -0.137. The predicted molar refractivity (Wildman–Crippen MR) is 150 cm³/mol. The highest BCUT2D eigenvalue weighted by Crippen LogP contribution is 2.36. The number of hydrogen-bond acceptors (Lipinski definition) is 7. The van der Waals surface area contributed by atoms with Crippen molar-refractivity contribution < 1.29 is 22.7 Å². The smallest absolute Gasteiger partial charge is 0.416 e. The van der Waals surface area contributed by atoms with Gasteiger partial charge >= 0.3 is 6.18 Å². The Labute approximate surface area is 235 Å². The third-order valence-electron chi connectivity index (χ3n) is 7.22. The molecule has 0 radical (unpaired) electrons. The lowest BCUT2D eigenvalue weighted by atomic mass is 10.1. The fourth-order valence-corrected chi connectivity index (χ4v) is 4.81. The van der Waals surface area contributed by atoms with Crippen molar-refractivity contribution in [2.24, 2.45) is 0 Å². The molecule has 4 aromatic rings. The largest absolute Gasteiger partial charge is 0.495 e. The van der Waals surface area contributed by atoms with Gasteiger partial charge in [-0.05, 0) is 69.4 Å². The zero-order valence-electron chi connectivity index (χ0n) is 23.1. The predicted octanol–water partition coefficient (Wildman–Crippen LogP) is 5.06. The van der Waals surface area contributed by atoms with Gasteiger partial charge in [-0.25, -0.2) is 4.68 Å². The molecule has 1 atom stereocenters. The fraction of sp³-hybridized carbons (Fsp3) is 0.310. The summed E-state index contributed by atoms with van der Waals surface area (Å²) in [6.07, 6.45) is 1.21. The average Bonchev–Trinajstić information content (AvgIpc) is 3.64. The number of aromatic nitrogens is 4. The van der Waals surface area contributed by atoms with E-state index in [-0.39, 0.29) is 17.3 Å². The summed E-state index contributed by atoms with van der Waals surface area (Å²) in [5.41, 5.74) is 2.63. The van der Waals surface area contributed by atoms with Crippen LogP contribution in [0.25, 0.3) is 16.9 Å². The molecule has 1 N–H and O–H groups in total. The molecule has 1 amide bonds. The molecular formula is C29H30F3N7O2. The highest BCUT2D eigenvalue weighted by molar-refractivity contribution is 6.05. The molecule has 41 heavy (non-hydrogen) atoms. The van der Waals surface area contributed by atoms with E-state index in [4.69, 9.17) is 4.74 Å². The number of anilines is 2. The first-order valence-corrected chi connectivity index (χ1v) is 13.0. The summed E-state index contributed by atoms with van der Waals surface area (Å²) < 4.78 is 48.1. The maximum absolute atomic E-state index is 13.8. The van der Waals surface area contributed by atoms with Crippen molar-refractivity contribution in [3.63, 3.8) is 0 Å². The Hall–Kier alpha value is -4.45. The summed E-state index contributed by atoms with van der Waals surface area (Å²) in [7, 11) is 5.46. The maximum atomic E-state index is 13.8. The molecular weight excluding hydrogens is 535 g/mol. The van der Waals surface area contributed by atoms with Gasteiger partial charge in [-0.1, -0.05) is 11.3 Å². The topological polar surface area (TPSA) is 88.4 Å². The highest BCUT2D eigenvalue weighted by Gasteiger charge is 2.33. The fourth-order valence-electron chi connectivity index (χ4n) is 4.81. The highest BCUT2D eigenvalue weighted by atomic mass is 19.4. The first-order valence-electron chi connectivity index (χ1n) is 13.0. The number of ether oxygens (including phenoxy) is 1. The van der Waals surface area contributed by atoms with Gasteiger partial charge in [0.25, 0.3) is 5.91 Å². The third-order valence-corrected chi connectivity index (χ3v) is 7.22. The van der Waals surface area contributed by atoms with Gasteiger partial charge in [0.15, 0.2) is 0 Å². The van der Waals surface area contributed by atoms with Crippen molar-refractivity contribution in [2.75, 3.05) is 44.5 Å². The van der Waals surface area contributed by atoms with Gasteiger partial charge in [-0.15, -0.1) is 5.10 Å². The van der Waals surface area contributed by atoms with E-state index in [0.29, 0.717) is 41.5 Å². The van der Waals surface area contributed by atoms with Crippen molar-refractivity contribution in [3.8, 4) is 22.7 Å². The minimum atomic E-state index is -4.56. The van der Waals surface area contributed by atoms with Crippen LogP contribution in [0.5, 0.6) is 5.75 Å². The van der Waals surface area contributed by atoms with Gasteiger partial charge < -0.3 is 19.9 Å². The molecule has 0 aliphatic carbocycles. The first-order chi connectivity index (χ1) is 19.5. The molecule has 0 spiro atoms. The van der Waals surface area contributed by atoms with Crippen LogP contribution < -0.4 is 15.0 Å². The minimum Gasteiger partial charge on any atom is -0.495 e. The molecule has 2 aromatic heterocycles. The Morgan fingerprint density at radius 3 is 2.63 bits per heavy atom. The minimum absolute atomic E-state index is 0.0730. The summed E-state index contributed by atoms with van der Waals surface area (Å²) in [5, 5.41) is 11.1. The van der Waals surface area contributed by atoms with E-state index >= 15 is 0 Å². The molecule has 1 aliphatic rings. The number of hydrogen-bond donors (Lipinski definition) is 1. The van der Waals surface area contributed by atoms with Crippen LogP contribution in [-0.4, -0.2) is 71.1 Å². The molecule has 0 bridgehead atoms. The van der Waals surface area contributed by atoms with Crippen LogP contribution in [0.2, 0.25) is 0 Å². The SMILES string of the molecule is COc1cncc(-c2cn(-c3cc(C(=O)Nc4cc(N5CCC(N(C)C)C5)cc(C(F)(F)F)c4)ccc3C)nn2)c1. The summed E-state index contributed by atoms with van der Waals surface area (Å²) in [5.74, 6) is 0.0355. The third kappa shape index (κ3) is 6.17. The molecule has 9 nitrogen and oxygen atoms in total. The Morgan fingerprint density at radius 2 is 1.93 bits per heavy atom. The van der Waals surface area contributed by atoms with E-state index in [9.17, 15) is 18.0 Å². The van der Waals surface area contributed by atoms with E-state index < -0.39 is 17.6 Å². The van der Waals surface area contributed by atoms with Crippen molar-refractivity contribution in [3.05, 3.63) is 77.7 Å². The summed E-state index contributed by atoms with van der Waals surface area (Å²) >= 11 is 0. The van der Waals surface area contributed by atoms with Crippen LogP contribution in [0.4, 0.5) is 24.5 Å². The first kappa shape index (κ1) is 28.1. The number of methoxy groups -OCH3 is 1. The number of nitrogens with one attached hydrogen (secondary N) is 1. The quantitative estimate of drug-likeness (QED) is 0.335. The average molecular weight is 566 g/mol. The van der Waals surface area contributed by atoms with Crippen molar-refractivity contribution in [1.82, 2.24) is 24.9 Å². The van der Waals surface area contributed by atoms with Gasteiger partial charge in [0.1, 0.15) is 11.4 Å². The summed E-state index contributed by atoms with van der Waals surface area (Å²) in [6.45, 7) is 3.10. The van der Waals surface area contributed by atoms with Gasteiger partial charge in [-0.2, -0.15) is 13.2 Å². The van der Waals surface area contributed by atoms with Gasteiger partial charge in [0.2, 0.25) is 0 Å². The number of likely N-dealkylation sites (N-methyl/N-ethyl adjacent to an activating group) is 1. The van der Waals surface area contributed by atoms with Crippen molar-refractivity contribution >= 4 is 17.3 Å². The molecule has 214 valence electrons. The summed E-state index contributed by atoms with van der Waals surface area (Å²) in [4.78, 5) is 21.4. The number of carbonyl (C=O) groups excluding carboxylic acids is 1. The second-order valence-corrected chi connectivity index (χ2v) is 10.2. The number of benzene rings is 2. The normalized spacial score (nSPS) is 15.4. The molecule has 3 heterocycles. The van der Waals surface area contributed by atoms with Crippen molar-refractivity contribution in [1.29, 1.82) is 0 Å². The number of aryl methyl sites for hydroxylation is 1. The summed E-state index contributed by atoms with van der Waals surface area (Å²) in [6, 6.07) is 10.7. The number of halogens is 3. The number of rotatable bonds is 7. The molecule has 2 aromatic carbocycles. The molecule has 12 heteroatoms. The van der Waals surface area contributed by atoms with Crippen LogP contribution in [-0.2, 0) is 6.18 Å². The Balaban J connectivity index is 1.41. The van der Waals surface area contributed by atoms with Gasteiger partial charge in [0, 0.05) is 47.8 Å². The van der Waals surface area contributed by atoms with E-state index in [0.717, 1.165) is 24.1 Å². The number of amides is 1. The zero-order valence-corrected chi connectivity index (χ0v) is 23.1. The van der Waals surface area contributed by atoms with Crippen LogP contribution in [0, 0.1) is 6.92 Å². The molecule has 1 aliphatic heterocycles. The van der Waals surface area contributed by atoms with E-state index in [2.05, 4.69) is 25.5 Å². The van der Waals surface area contributed by atoms with Crippen LogP contribution in [0.1, 0.15) is 27.9 Å². The second kappa shape index (κ2) is 11.2. The zero-order chi connectivity index (χ0) is 29.3. The molecule has 1 saturated heterocycles. The lowest BCUT2D eigenvalue weighted by Gasteiger charge is -2.23. The Bertz CT molecular complexity index is 1570. The van der Waals surface area contributed by atoms with E-state index in [1.807, 2.05) is 25.9 Å². The molecule has 0 saturated carbocycles. The second-order valence-electron chi connectivity index (χ2n) is 10.2. The number of carbonyl (C=O) groups is 1. The number of nitrogens with zero attached hydrogens (tertiary/aromatic N) is 6. The monoisotopic (exact) mass is 565 g/mol. The maximum Gasteiger partial charge on any atom is 0.416 e. The molecule has 1 fully saturated rings. The van der Waals surface area contributed by atoms with Crippen LogP contribution in [0.3, 0.4) is 0 Å². The Morgan fingerprint density at radius 1 is 1.12 bits per heavy atom.